The molecule has 0 aliphatic heterocycles. The van der Waals surface area contributed by atoms with Gasteiger partial charge in [-0.05, 0) is 103 Å². The SMILES string of the molecule is Cc1c[c-]c(-c2ccc(C)cn2)cc1.[Ir].[c-]1ccc2cc1c1cc(c3cccc(c3)c3cccc(c3)c3cccc(c3)c3cccc2c3)c2ccccc2n1. The van der Waals surface area contributed by atoms with E-state index in [-0.39, 0.29) is 20.1 Å². The fraction of sp³-hybridized carbons (Fsp3) is 0.0385. The molecule has 2 aromatic heterocycles. The number of nitrogens with zero attached hydrogens (tertiary/aromatic N) is 2. The molecule has 2 nitrogen and oxygen atoms in total. The Bertz CT molecular complexity index is 3070. The molecule has 10 aromatic rings. The fourth-order valence-corrected chi connectivity index (χ4v) is 7.14. The van der Waals surface area contributed by atoms with Crippen LogP contribution in [-0.2, 0) is 20.1 Å². The van der Waals surface area contributed by atoms with Crippen molar-refractivity contribution in [3.63, 3.8) is 0 Å². The summed E-state index contributed by atoms with van der Waals surface area (Å²) in [5.74, 6) is 0. The Balaban J connectivity index is 0.000000241. The maximum absolute atomic E-state index is 5.09. The molecular formula is C52H36IrN2-2. The first-order valence-corrected chi connectivity index (χ1v) is 18.3. The van der Waals surface area contributed by atoms with Crippen LogP contribution in [0.5, 0.6) is 0 Å². The maximum atomic E-state index is 5.09. The monoisotopic (exact) mass is 881 g/mol. The van der Waals surface area contributed by atoms with Gasteiger partial charge < -0.3 is 4.98 Å². The first-order chi connectivity index (χ1) is 26.5. The van der Waals surface area contributed by atoms with Gasteiger partial charge in [0.2, 0.25) is 0 Å². The van der Waals surface area contributed by atoms with Crippen molar-refractivity contribution >= 4 is 75.7 Å². The van der Waals surface area contributed by atoms with E-state index < -0.39 is 0 Å². The molecule has 55 heavy (non-hydrogen) atoms. The smallest absolute Gasteiger partial charge is 0.0601 e. The molecule has 0 aliphatic carbocycles. The van der Waals surface area contributed by atoms with Crippen molar-refractivity contribution in [2.45, 2.75) is 13.8 Å². The second kappa shape index (κ2) is 15.6. The van der Waals surface area contributed by atoms with Crippen LogP contribution < -0.4 is 0 Å². The Morgan fingerprint density at radius 1 is 0.418 bits per heavy atom. The van der Waals surface area contributed by atoms with Crippen LogP contribution in [0, 0.1) is 26.0 Å². The van der Waals surface area contributed by atoms with E-state index in [2.05, 4.69) is 176 Å². The van der Waals surface area contributed by atoms with E-state index in [1.807, 2.05) is 37.4 Å². The van der Waals surface area contributed by atoms with Crippen LogP contribution in [0.2, 0.25) is 0 Å². The normalized spacial score (nSPS) is 10.9. The van der Waals surface area contributed by atoms with Crippen LogP contribution in [-0.4, -0.2) is 9.97 Å². The van der Waals surface area contributed by atoms with Gasteiger partial charge >= 0.3 is 0 Å². The van der Waals surface area contributed by atoms with Crippen molar-refractivity contribution < 1.29 is 20.1 Å². The van der Waals surface area contributed by atoms with E-state index in [9.17, 15) is 0 Å². The Morgan fingerprint density at radius 3 is 1.53 bits per heavy atom. The number of hydrogen-bond donors (Lipinski definition) is 0. The van der Waals surface area contributed by atoms with Crippen molar-refractivity contribution in [1.29, 1.82) is 0 Å². The first kappa shape index (κ1) is 35.8. The maximum Gasteiger partial charge on any atom is 0.0601 e. The zero-order valence-corrected chi connectivity index (χ0v) is 32.9. The van der Waals surface area contributed by atoms with Gasteiger partial charge in [0.1, 0.15) is 0 Å². The molecule has 0 amide bonds. The third-order valence-electron chi connectivity index (χ3n) is 10.0. The van der Waals surface area contributed by atoms with E-state index in [4.69, 9.17) is 4.98 Å². The van der Waals surface area contributed by atoms with Gasteiger partial charge in [-0.25, -0.2) is 0 Å². The third kappa shape index (κ3) is 7.59. The molecule has 0 atom stereocenters. The predicted molar refractivity (Wildman–Crippen MR) is 230 cm³/mol. The van der Waals surface area contributed by atoms with Gasteiger partial charge in [0.05, 0.1) is 5.52 Å². The molecular weight excluding hydrogens is 845 g/mol. The predicted octanol–water partition coefficient (Wildman–Crippen LogP) is 13.8. The van der Waals surface area contributed by atoms with Crippen LogP contribution in [0.1, 0.15) is 11.1 Å². The minimum Gasteiger partial charge on any atom is -0.304 e. The summed E-state index contributed by atoms with van der Waals surface area (Å²) in [7, 11) is 0. The van der Waals surface area contributed by atoms with Gasteiger partial charge in [-0.2, -0.15) is 0 Å². The minimum absolute atomic E-state index is 0. The molecule has 0 fully saturated rings. The van der Waals surface area contributed by atoms with E-state index in [1.54, 1.807) is 0 Å². The van der Waals surface area contributed by atoms with Gasteiger partial charge in [-0.1, -0.05) is 116 Å². The average Bonchev–Trinajstić information content (AvgIpc) is 3.24. The molecule has 0 N–H and O–H groups in total. The minimum atomic E-state index is 0. The van der Waals surface area contributed by atoms with Gasteiger partial charge in [0.15, 0.2) is 0 Å². The van der Waals surface area contributed by atoms with Crippen LogP contribution in [0.25, 0.3) is 86.9 Å². The summed E-state index contributed by atoms with van der Waals surface area (Å²) in [5.41, 5.74) is 6.34. The average molecular weight is 881 g/mol. The quantitative estimate of drug-likeness (QED) is 0.154. The number of para-hydroxylation sites is 1. The number of aromatic nitrogens is 2. The second-order valence-electron chi connectivity index (χ2n) is 13.9. The van der Waals surface area contributed by atoms with Crippen LogP contribution in [0.15, 0.2) is 182 Å². The molecule has 0 saturated heterocycles. The fourth-order valence-electron chi connectivity index (χ4n) is 7.14. The van der Waals surface area contributed by atoms with Crippen LogP contribution in [0.4, 0.5) is 0 Å². The largest absolute Gasteiger partial charge is 0.304 e. The topological polar surface area (TPSA) is 25.8 Å². The zero-order valence-electron chi connectivity index (χ0n) is 30.5. The second-order valence-corrected chi connectivity index (χ2v) is 13.9. The molecule has 0 spiro atoms. The molecule has 0 aliphatic rings. The van der Waals surface area contributed by atoms with Crippen molar-refractivity contribution in [3.05, 3.63) is 205 Å². The Morgan fingerprint density at radius 2 is 0.964 bits per heavy atom. The molecule has 8 aromatic carbocycles. The molecule has 0 saturated carbocycles. The zero-order chi connectivity index (χ0) is 36.4. The van der Waals surface area contributed by atoms with Gasteiger partial charge in [0.25, 0.3) is 0 Å². The van der Waals surface area contributed by atoms with Gasteiger partial charge in [0, 0.05) is 31.7 Å². The summed E-state index contributed by atoms with van der Waals surface area (Å²) < 4.78 is 0. The standard InChI is InChI=1S/C39H24N.C13H12N.Ir/c1-2-19-38-36(18-1)37-25-39(40-38)35-17-7-15-33(24-35)31-13-5-11-29(22-31)27-9-3-8-26(20-27)28-10-4-12-30(21-28)32-14-6-16-34(37)23-32;1-10-3-6-12(7-4-10)13-8-5-11(2)9-14-13;/h1-16,18-25H;3-6,8-9H,1-2H3;/q2*-1;. The van der Waals surface area contributed by atoms with Crippen LogP contribution >= 0.6 is 0 Å². The summed E-state index contributed by atoms with van der Waals surface area (Å²) >= 11 is 0. The molecule has 10 rings (SSSR count). The molecule has 12 bridgehead atoms. The van der Waals surface area contributed by atoms with Crippen LogP contribution in [0.3, 0.4) is 0 Å². The van der Waals surface area contributed by atoms with Crippen molar-refractivity contribution in [2.75, 3.05) is 0 Å². The molecule has 0 unspecified atom stereocenters. The van der Waals surface area contributed by atoms with E-state index in [0.717, 1.165) is 38.4 Å². The number of pyridine rings is 2. The van der Waals surface area contributed by atoms with E-state index in [1.165, 1.54) is 59.6 Å². The van der Waals surface area contributed by atoms with Crippen molar-refractivity contribution in [2.24, 2.45) is 0 Å². The molecule has 2 heterocycles. The Kier molecular flexibility index (Phi) is 10.2. The number of hydrogen-bond acceptors (Lipinski definition) is 2. The summed E-state index contributed by atoms with van der Waals surface area (Å²) in [6.07, 6.45) is 1.88. The Hall–Kier alpha value is -6.25. The van der Waals surface area contributed by atoms with E-state index in [0.29, 0.717) is 0 Å². The number of aryl methyl sites for hydroxylation is 2. The molecule has 3 heteroatoms. The summed E-state index contributed by atoms with van der Waals surface area (Å²) in [4.78, 5) is 9.43. The summed E-state index contributed by atoms with van der Waals surface area (Å²) in [5, 5.41) is 14.0. The number of rotatable bonds is 1. The first-order valence-electron chi connectivity index (χ1n) is 18.3. The van der Waals surface area contributed by atoms with Crippen molar-refractivity contribution in [1.82, 2.24) is 9.97 Å². The molecule has 265 valence electrons. The van der Waals surface area contributed by atoms with E-state index >= 15 is 0 Å². The van der Waals surface area contributed by atoms with Gasteiger partial charge in [-0.15, -0.1) is 70.4 Å². The van der Waals surface area contributed by atoms with Crippen molar-refractivity contribution in [3.8, 4) is 11.3 Å². The summed E-state index contributed by atoms with van der Waals surface area (Å²) in [6, 6.07) is 69.2. The third-order valence-corrected chi connectivity index (χ3v) is 10.0. The van der Waals surface area contributed by atoms with Gasteiger partial charge in [-0.3, -0.25) is 4.98 Å². The Labute approximate surface area is 334 Å². The molecule has 1 radical (unpaired) electrons. The number of benzene rings is 7. The number of fused-ring (bicyclic) bond motifs is 20. The summed E-state index contributed by atoms with van der Waals surface area (Å²) in [6.45, 7) is 4.10.